The fraction of sp³-hybridized carbons (Fsp3) is 0.400. The van der Waals surface area contributed by atoms with Crippen molar-refractivity contribution in [2.24, 2.45) is 0 Å². The van der Waals surface area contributed by atoms with Gasteiger partial charge < -0.3 is 9.47 Å². The Morgan fingerprint density at radius 3 is 2.39 bits per heavy atom. The summed E-state index contributed by atoms with van der Waals surface area (Å²) in [6.07, 6.45) is 3.58. The Morgan fingerprint density at radius 2 is 1.71 bits per heavy atom. The fourth-order valence-electron chi connectivity index (χ4n) is 3.57. The monoisotopic (exact) mass is 395 g/mol. The highest BCUT2D eigenvalue weighted by Crippen LogP contribution is 2.22. The normalized spacial score (nSPS) is 15.1. The molecule has 0 N–H and O–H groups in total. The minimum Gasteiger partial charge on any atom is -0.338 e. The van der Waals surface area contributed by atoms with Gasteiger partial charge in [-0.3, -0.25) is 4.90 Å². The van der Waals surface area contributed by atoms with Gasteiger partial charge in [0.1, 0.15) is 0 Å². The largest absolute Gasteiger partial charge is 0.338 e. The fourth-order valence-corrected chi connectivity index (χ4v) is 3.89. The zero-order valence-electron chi connectivity index (χ0n) is 16.3. The Morgan fingerprint density at radius 1 is 1.00 bits per heavy atom. The van der Waals surface area contributed by atoms with Crippen LogP contribution in [0.25, 0.3) is 11.4 Å². The van der Waals surface area contributed by atoms with Gasteiger partial charge in [-0.25, -0.2) is 14.6 Å². The van der Waals surface area contributed by atoms with Crippen LogP contribution in [0.1, 0.15) is 12.5 Å². The Kier molecular flexibility index (Phi) is 5.50. The molecule has 3 aromatic rings. The third kappa shape index (κ3) is 3.70. The number of anilines is 1. The van der Waals surface area contributed by atoms with Crippen molar-refractivity contribution in [3.05, 3.63) is 53.1 Å². The van der Waals surface area contributed by atoms with E-state index in [0.29, 0.717) is 6.67 Å². The van der Waals surface area contributed by atoms with Crippen molar-refractivity contribution in [1.82, 2.24) is 29.2 Å². The average molecular weight is 396 g/mol. The van der Waals surface area contributed by atoms with E-state index in [1.54, 1.807) is 12.4 Å². The van der Waals surface area contributed by atoms with Gasteiger partial charge in [-0.1, -0.05) is 24.3 Å². The second-order valence-corrected chi connectivity index (χ2v) is 7.33. The molecule has 0 radical (unpaired) electrons. The molecular weight excluding hydrogens is 370 g/mol. The van der Waals surface area contributed by atoms with Crippen LogP contribution in [0.5, 0.6) is 0 Å². The van der Waals surface area contributed by atoms with Gasteiger partial charge in [-0.15, -0.1) is 0 Å². The van der Waals surface area contributed by atoms with Crippen molar-refractivity contribution >= 4 is 18.2 Å². The summed E-state index contributed by atoms with van der Waals surface area (Å²) in [6.45, 7) is 9.39. The van der Waals surface area contributed by atoms with Crippen molar-refractivity contribution in [2.75, 3.05) is 31.1 Å². The summed E-state index contributed by atoms with van der Waals surface area (Å²) >= 11 is 5.73. The zero-order valence-corrected chi connectivity index (χ0v) is 17.1. The predicted octanol–water partition coefficient (Wildman–Crippen LogP) is 2.98. The van der Waals surface area contributed by atoms with Gasteiger partial charge in [-0.2, -0.15) is 5.10 Å². The second-order valence-electron chi connectivity index (χ2n) is 6.96. The molecule has 0 amide bonds. The van der Waals surface area contributed by atoms with Crippen molar-refractivity contribution < 1.29 is 0 Å². The summed E-state index contributed by atoms with van der Waals surface area (Å²) in [5.74, 6) is 1.75. The Balaban J connectivity index is 1.50. The Bertz CT molecular complexity index is 987. The number of hydrogen-bond donors (Lipinski definition) is 0. The number of hydrogen-bond acceptors (Lipinski definition) is 6. The van der Waals surface area contributed by atoms with Crippen molar-refractivity contribution in [3.8, 4) is 11.4 Å². The van der Waals surface area contributed by atoms with Gasteiger partial charge in [0.15, 0.2) is 10.6 Å². The maximum Gasteiger partial charge on any atom is 0.225 e. The first kappa shape index (κ1) is 18.8. The number of piperazine rings is 1. The van der Waals surface area contributed by atoms with Crippen LogP contribution < -0.4 is 4.90 Å². The number of aromatic nitrogens is 5. The summed E-state index contributed by atoms with van der Waals surface area (Å²) in [4.78, 5) is 13.3. The molecule has 7 nitrogen and oxygen atoms in total. The lowest BCUT2D eigenvalue weighted by molar-refractivity contribution is 0.193. The third-order valence-corrected chi connectivity index (χ3v) is 5.60. The summed E-state index contributed by atoms with van der Waals surface area (Å²) < 4.78 is 4.84. The van der Waals surface area contributed by atoms with Crippen molar-refractivity contribution in [1.29, 1.82) is 0 Å². The summed E-state index contributed by atoms with van der Waals surface area (Å²) in [5, 5.41) is 4.88. The van der Waals surface area contributed by atoms with Gasteiger partial charge in [0, 0.05) is 50.7 Å². The molecule has 1 saturated heterocycles. The molecule has 146 valence electrons. The lowest BCUT2D eigenvalue weighted by atomic mass is 10.1. The first-order chi connectivity index (χ1) is 13.7. The molecule has 0 unspecified atom stereocenters. The molecule has 4 rings (SSSR count). The van der Waals surface area contributed by atoms with Gasteiger partial charge >= 0.3 is 0 Å². The van der Waals surface area contributed by atoms with Crippen molar-refractivity contribution in [2.45, 2.75) is 27.1 Å². The van der Waals surface area contributed by atoms with E-state index in [1.807, 2.05) is 10.7 Å². The quantitative estimate of drug-likeness (QED) is 0.619. The topological polar surface area (TPSA) is 55.0 Å². The van der Waals surface area contributed by atoms with Gasteiger partial charge in [-0.05, 0) is 37.7 Å². The number of nitrogens with zero attached hydrogens (tertiary/aromatic N) is 7. The van der Waals surface area contributed by atoms with E-state index in [1.165, 1.54) is 5.56 Å². The van der Waals surface area contributed by atoms with Gasteiger partial charge in [0.2, 0.25) is 5.95 Å². The van der Waals surface area contributed by atoms with Crippen LogP contribution in [0, 0.1) is 11.7 Å². The molecule has 0 spiro atoms. The molecule has 1 aromatic carbocycles. The van der Waals surface area contributed by atoms with Gasteiger partial charge in [0.25, 0.3) is 0 Å². The highest BCUT2D eigenvalue weighted by Gasteiger charge is 2.21. The molecule has 8 heteroatoms. The maximum atomic E-state index is 5.73. The van der Waals surface area contributed by atoms with Crippen LogP contribution in [0.4, 0.5) is 5.95 Å². The van der Waals surface area contributed by atoms with Crippen molar-refractivity contribution in [3.63, 3.8) is 0 Å². The second kappa shape index (κ2) is 8.20. The van der Waals surface area contributed by atoms with Crippen LogP contribution in [0.2, 0.25) is 0 Å². The summed E-state index contributed by atoms with van der Waals surface area (Å²) in [6, 6.07) is 10.2. The molecule has 1 fully saturated rings. The molecule has 3 heterocycles. The van der Waals surface area contributed by atoms with E-state index in [4.69, 9.17) is 17.3 Å². The van der Waals surface area contributed by atoms with E-state index < -0.39 is 0 Å². The van der Waals surface area contributed by atoms with Crippen LogP contribution in [-0.2, 0) is 13.2 Å². The maximum absolute atomic E-state index is 5.73. The predicted molar refractivity (Wildman–Crippen MR) is 113 cm³/mol. The minimum atomic E-state index is 0.703. The molecule has 0 saturated carbocycles. The molecule has 0 aliphatic carbocycles. The summed E-state index contributed by atoms with van der Waals surface area (Å²) in [5.41, 5.74) is 2.35. The Labute approximate surface area is 170 Å². The summed E-state index contributed by atoms with van der Waals surface area (Å²) in [7, 11) is 0. The lowest BCUT2D eigenvalue weighted by Gasteiger charge is -2.34. The molecule has 2 aromatic heterocycles. The van der Waals surface area contributed by atoms with Gasteiger partial charge in [0.05, 0.1) is 6.67 Å². The lowest BCUT2D eigenvalue weighted by Crippen LogP contribution is -2.47. The molecular formula is C20H25N7S. The highest BCUT2D eigenvalue weighted by atomic mass is 32.1. The van der Waals surface area contributed by atoms with Crippen LogP contribution in [0.3, 0.4) is 0 Å². The highest BCUT2D eigenvalue weighted by molar-refractivity contribution is 7.71. The van der Waals surface area contributed by atoms with E-state index in [0.717, 1.165) is 54.8 Å². The SMILES string of the molecule is CCn1c(-c2ccccc2C)nn(CN2CCN(c3ncccn3)CC2)c1=S. The third-order valence-electron chi connectivity index (χ3n) is 5.17. The molecule has 0 bridgehead atoms. The molecule has 0 atom stereocenters. The van der Waals surface area contributed by atoms with E-state index >= 15 is 0 Å². The van der Waals surface area contributed by atoms with E-state index in [2.05, 4.69) is 62.4 Å². The Hall–Kier alpha value is -2.58. The van der Waals surface area contributed by atoms with E-state index in [-0.39, 0.29) is 0 Å². The first-order valence-corrected chi connectivity index (χ1v) is 10.1. The standard InChI is InChI=1S/C20H25N7S/c1-3-26-18(17-8-5-4-7-16(17)2)23-27(20(26)28)15-24-11-13-25(14-12-24)19-21-9-6-10-22-19/h4-10H,3,11-15H2,1-2H3. The number of benzene rings is 1. The zero-order chi connectivity index (χ0) is 19.5. The molecule has 28 heavy (non-hydrogen) atoms. The van der Waals surface area contributed by atoms with Crippen LogP contribution in [-0.4, -0.2) is 55.4 Å². The molecule has 1 aliphatic heterocycles. The smallest absolute Gasteiger partial charge is 0.225 e. The first-order valence-electron chi connectivity index (χ1n) is 9.65. The average Bonchev–Trinajstić information content (AvgIpc) is 3.04. The number of aryl methyl sites for hydroxylation is 1. The van der Waals surface area contributed by atoms with Crippen LogP contribution >= 0.6 is 12.2 Å². The van der Waals surface area contributed by atoms with E-state index in [9.17, 15) is 0 Å². The molecule has 1 aliphatic rings. The minimum absolute atomic E-state index is 0.703. The van der Waals surface area contributed by atoms with Crippen LogP contribution in [0.15, 0.2) is 42.7 Å². The number of rotatable bonds is 5.